The molecule has 0 saturated carbocycles. The summed E-state index contributed by atoms with van der Waals surface area (Å²) in [7, 11) is 1.24. The van der Waals surface area contributed by atoms with Crippen LogP contribution in [0.4, 0.5) is 5.82 Å². The molecule has 1 fully saturated rings. The van der Waals surface area contributed by atoms with E-state index in [2.05, 4.69) is 19.5 Å². The zero-order valence-corrected chi connectivity index (χ0v) is 21.0. The van der Waals surface area contributed by atoms with Gasteiger partial charge in [-0.05, 0) is 39.0 Å². The minimum Gasteiger partial charge on any atom is -0.493 e. The van der Waals surface area contributed by atoms with Crippen molar-refractivity contribution in [3.63, 3.8) is 0 Å². The van der Waals surface area contributed by atoms with Gasteiger partial charge >= 0.3 is 0 Å². The first-order valence-electron chi connectivity index (χ1n) is 10.8. The monoisotopic (exact) mass is 478 g/mol. The van der Waals surface area contributed by atoms with Crippen LogP contribution in [0.5, 0.6) is 17.2 Å². The Morgan fingerprint density at radius 2 is 1.61 bits per heavy atom. The van der Waals surface area contributed by atoms with Gasteiger partial charge in [0.1, 0.15) is 10.7 Å². The highest BCUT2D eigenvalue weighted by atomic mass is 32.2. The first-order chi connectivity index (χ1) is 15.6. The molecule has 0 radical (unpaired) electrons. The number of anilines is 1. The lowest BCUT2D eigenvalue weighted by atomic mass is 10.1. The van der Waals surface area contributed by atoms with Crippen molar-refractivity contribution >= 4 is 15.8 Å². The van der Waals surface area contributed by atoms with Crippen LogP contribution >= 0.6 is 0 Å². The van der Waals surface area contributed by atoms with Crippen molar-refractivity contribution in [2.45, 2.75) is 37.8 Å². The summed E-state index contributed by atoms with van der Waals surface area (Å²) < 4.78 is 44.1. The maximum Gasteiger partial charge on any atom is 0.242 e. The lowest BCUT2D eigenvalue weighted by Crippen LogP contribution is -2.46. The molecule has 182 valence electrons. The summed E-state index contributed by atoms with van der Waals surface area (Å²) >= 11 is 0. The van der Waals surface area contributed by atoms with Crippen molar-refractivity contribution in [3.05, 3.63) is 36.0 Å². The number of piperazine rings is 1. The molecule has 10 heteroatoms. The van der Waals surface area contributed by atoms with E-state index in [4.69, 9.17) is 14.2 Å². The molecule has 2 heterocycles. The number of rotatable bonds is 8. The highest BCUT2D eigenvalue weighted by Crippen LogP contribution is 2.40. The average molecular weight is 479 g/mol. The molecule has 1 saturated heterocycles. The van der Waals surface area contributed by atoms with Gasteiger partial charge in [0, 0.05) is 50.0 Å². The molecule has 0 aliphatic carbocycles. The molecular formula is C23H34N4O5S. The third-order valence-electron chi connectivity index (χ3n) is 5.35. The maximum absolute atomic E-state index is 12.5. The number of ether oxygens (including phenoxy) is 3. The van der Waals surface area contributed by atoms with Crippen molar-refractivity contribution < 1.29 is 22.6 Å². The van der Waals surface area contributed by atoms with Crippen LogP contribution in [0.25, 0.3) is 0 Å². The second kappa shape index (κ2) is 10.1. The van der Waals surface area contributed by atoms with Crippen LogP contribution in [-0.2, 0) is 16.6 Å². The number of aromatic nitrogens is 1. The number of hydrogen-bond acceptors (Lipinski definition) is 8. The van der Waals surface area contributed by atoms with Gasteiger partial charge in [0.15, 0.2) is 11.5 Å². The Kier molecular flexibility index (Phi) is 7.71. The largest absolute Gasteiger partial charge is 0.493 e. The number of sulfonamides is 1. The van der Waals surface area contributed by atoms with E-state index in [-0.39, 0.29) is 4.90 Å². The number of methoxy groups -OCH3 is 3. The summed E-state index contributed by atoms with van der Waals surface area (Å²) in [6.07, 6.45) is 1.42. The molecule has 0 atom stereocenters. The molecule has 1 aliphatic heterocycles. The zero-order valence-electron chi connectivity index (χ0n) is 20.2. The molecule has 33 heavy (non-hydrogen) atoms. The molecule has 0 unspecified atom stereocenters. The molecule has 1 N–H and O–H groups in total. The van der Waals surface area contributed by atoms with E-state index in [0.29, 0.717) is 17.2 Å². The lowest BCUT2D eigenvalue weighted by molar-refractivity contribution is 0.243. The van der Waals surface area contributed by atoms with Crippen molar-refractivity contribution in [2.75, 3.05) is 52.4 Å². The van der Waals surface area contributed by atoms with Crippen LogP contribution in [0, 0.1) is 0 Å². The third-order valence-corrected chi connectivity index (χ3v) is 7.09. The van der Waals surface area contributed by atoms with Gasteiger partial charge in [-0.3, -0.25) is 4.90 Å². The van der Waals surface area contributed by atoms with Crippen LogP contribution < -0.4 is 23.8 Å². The quantitative estimate of drug-likeness (QED) is 0.619. The van der Waals surface area contributed by atoms with Crippen molar-refractivity contribution in [2.24, 2.45) is 0 Å². The van der Waals surface area contributed by atoms with Crippen LogP contribution in [0.15, 0.2) is 35.4 Å². The summed E-state index contributed by atoms with van der Waals surface area (Å²) in [5.41, 5.74) is 0.479. The van der Waals surface area contributed by atoms with E-state index in [1.54, 1.807) is 33.5 Å². The van der Waals surface area contributed by atoms with Crippen molar-refractivity contribution in [3.8, 4) is 17.2 Å². The van der Waals surface area contributed by atoms with E-state index < -0.39 is 15.6 Å². The normalized spacial score (nSPS) is 15.4. The van der Waals surface area contributed by atoms with E-state index >= 15 is 0 Å². The Hall–Kier alpha value is -2.56. The number of pyridine rings is 1. The van der Waals surface area contributed by atoms with Gasteiger partial charge in [-0.15, -0.1) is 0 Å². The molecule has 0 bridgehead atoms. The SMILES string of the molecule is COc1ccc(CN2CCN(c3ccc(S(=O)(=O)NC(C)(C)C)cn3)CC2)c(OC)c1OC. The van der Waals surface area contributed by atoms with E-state index in [0.717, 1.165) is 44.1 Å². The number of benzene rings is 1. The molecule has 1 aromatic carbocycles. The number of nitrogens with zero attached hydrogens (tertiary/aromatic N) is 3. The standard InChI is InChI=1S/C23H34N4O5S/c1-23(2,3)25-33(28,29)18-8-10-20(24-15-18)27-13-11-26(12-14-27)16-17-7-9-19(30-4)22(32-6)21(17)31-5/h7-10,15,25H,11-14,16H2,1-6H3. The Bertz CT molecular complexity index is 1040. The van der Waals surface area contributed by atoms with E-state index in [9.17, 15) is 8.42 Å². The van der Waals surface area contributed by atoms with E-state index in [1.807, 2.05) is 32.9 Å². The van der Waals surface area contributed by atoms with Gasteiger partial charge in [0.05, 0.1) is 21.3 Å². The predicted molar refractivity (Wildman–Crippen MR) is 128 cm³/mol. The van der Waals surface area contributed by atoms with E-state index in [1.165, 1.54) is 6.20 Å². The summed E-state index contributed by atoms with van der Waals surface area (Å²) in [6.45, 7) is 9.40. The first-order valence-corrected chi connectivity index (χ1v) is 12.3. The summed E-state index contributed by atoms with van der Waals surface area (Å²) in [5.74, 6) is 2.68. The number of hydrogen-bond donors (Lipinski definition) is 1. The maximum atomic E-state index is 12.5. The fourth-order valence-corrected chi connectivity index (χ4v) is 5.21. The molecule has 0 amide bonds. The highest BCUT2D eigenvalue weighted by molar-refractivity contribution is 7.89. The summed E-state index contributed by atoms with van der Waals surface area (Å²) in [5, 5.41) is 0. The Morgan fingerprint density at radius 3 is 2.12 bits per heavy atom. The molecule has 9 nitrogen and oxygen atoms in total. The molecule has 2 aromatic rings. The summed E-state index contributed by atoms with van der Waals surface area (Å²) in [6, 6.07) is 7.27. The minimum absolute atomic E-state index is 0.167. The van der Waals surface area contributed by atoms with Gasteiger partial charge < -0.3 is 19.1 Å². The fourth-order valence-electron chi connectivity index (χ4n) is 3.84. The Balaban J connectivity index is 1.64. The van der Waals surface area contributed by atoms with Gasteiger partial charge in [0.2, 0.25) is 15.8 Å². The first kappa shape index (κ1) is 25.1. The molecule has 3 rings (SSSR count). The summed E-state index contributed by atoms with van der Waals surface area (Å²) in [4.78, 5) is 9.08. The smallest absolute Gasteiger partial charge is 0.242 e. The van der Waals surface area contributed by atoms with Crippen molar-refractivity contribution in [1.82, 2.24) is 14.6 Å². The lowest BCUT2D eigenvalue weighted by Gasteiger charge is -2.35. The Labute approximate surface area is 196 Å². The van der Waals surface area contributed by atoms with Gasteiger partial charge in [-0.1, -0.05) is 6.07 Å². The van der Waals surface area contributed by atoms with Crippen LogP contribution in [0.1, 0.15) is 26.3 Å². The van der Waals surface area contributed by atoms with Crippen molar-refractivity contribution in [1.29, 1.82) is 0 Å². The van der Waals surface area contributed by atoms with Crippen LogP contribution in [0.2, 0.25) is 0 Å². The topological polar surface area (TPSA) is 93.2 Å². The molecule has 0 spiro atoms. The van der Waals surface area contributed by atoms with Gasteiger partial charge in [-0.25, -0.2) is 18.1 Å². The Morgan fingerprint density at radius 1 is 0.939 bits per heavy atom. The number of nitrogens with one attached hydrogen (secondary N) is 1. The zero-order chi connectivity index (χ0) is 24.2. The molecule has 1 aliphatic rings. The minimum atomic E-state index is -3.60. The highest BCUT2D eigenvalue weighted by Gasteiger charge is 2.24. The second-order valence-electron chi connectivity index (χ2n) is 8.96. The fraction of sp³-hybridized carbons (Fsp3) is 0.522. The average Bonchev–Trinajstić information content (AvgIpc) is 2.77. The van der Waals surface area contributed by atoms with Crippen LogP contribution in [0.3, 0.4) is 0 Å². The van der Waals surface area contributed by atoms with Gasteiger partial charge in [0.25, 0.3) is 0 Å². The second-order valence-corrected chi connectivity index (χ2v) is 10.6. The van der Waals surface area contributed by atoms with Crippen LogP contribution in [-0.4, -0.2) is 71.3 Å². The molecule has 1 aromatic heterocycles. The third kappa shape index (κ3) is 6.07. The van der Waals surface area contributed by atoms with Gasteiger partial charge in [-0.2, -0.15) is 0 Å². The predicted octanol–water partition coefficient (Wildman–Crippen LogP) is 2.51. The molecular weight excluding hydrogens is 444 g/mol.